The van der Waals surface area contributed by atoms with Crippen LogP contribution in [0.3, 0.4) is 0 Å². The van der Waals surface area contributed by atoms with E-state index in [0.717, 1.165) is 65.6 Å². The first-order valence-corrected chi connectivity index (χ1v) is 17.8. The molecule has 4 heterocycles. The lowest BCUT2D eigenvalue weighted by molar-refractivity contribution is 0.0718. The molecule has 0 bridgehead atoms. The first-order chi connectivity index (χ1) is 25.6. The Kier molecular flexibility index (Phi) is 10.0. The highest BCUT2D eigenvalue weighted by Gasteiger charge is 2.22. The van der Waals surface area contributed by atoms with Gasteiger partial charge < -0.3 is 20.3 Å². The molecule has 3 N–H and O–H groups in total. The predicted molar refractivity (Wildman–Crippen MR) is 207 cm³/mol. The minimum Gasteiger partial charge on any atom is -0.488 e. The molecule has 3 aromatic heterocycles. The zero-order valence-corrected chi connectivity index (χ0v) is 30.4. The molecule has 1 aliphatic rings. The zero-order chi connectivity index (χ0) is 37.0. The largest absolute Gasteiger partial charge is 0.488 e. The molecule has 1 saturated heterocycles. The van der Waals surface area contributed by atoms with Crippen molar-refractivity contribution in [1.29, 1.82) is 0 Å². The highest BCUT2D eigenvalue weighted by atomic mass is 16.5. The van der Waals surface area contributed by atoms with Crippen LogP contribution in [-0.2, 0) is 12.0 Å². The summed E-state index contributed by atoms with van der Waals surface area (Å²) in [5.74, 6) is 2.21. The van der Waals surface area contributed by atoms with Crippen molar-refractivity contribution in [3.63, 3.8) is 0 Å². The molecule has 1 fully saturated rings. The number of hydrogen-bond acceptors (Lipinski definition) is 8. The first-order valence-electron chi connectivity index (χ1n) is 17.8. The number of aryl methyl sites for hydroxylation is 1. The third-order valence-corrected chi connectivity index (χ3v) is 9.12. The van der Waals surface area contributed by atoms with Crippen molar-refractivity contribution in [1.82, 2.24) is 29.6 Å². The smallest absolute Gasteiger partial charge is 0.324 e. The topological polar surface area (TPSA) is 139 Å². The van der Waals surface area contributed by atoms with E-state index in [1.807, 2.05) is 90.7 Å². The maximum atomic E-state index is 13.5. The summed E-state index contributed by atoms with van der Waals surface area (Å²) in [7, 11) is 0. The number of anilines is 4. The van der Waals surface area contributed by atoms with E-state index in [0.29, 0.717) is 34.6 Å². The lowest BCUT2D eigenvalue weighted by Crippen LogP contribution is -2.36. The Labute approximate surface area is 308 Å². The summed E-state index contributed by atoms with van der Waals surface area (Å²) >= 11 is 0. The van der Waals surface area contributed by atoms with Crippen LogP contribution in [-0.4, -0.2) is 54.7 Å². The number of nitrogens with zero attached hydrogens (tertiary/aromatic N) is 6. The molecule has 1 aliphatic heterocycles. The van der Waals surface area contributed by atoms with Gasteiger partial charge >= 0.3 is 6.03 Å². The van der Waals surface area contributed by atoms with Gasteiger partial charge in [0.2, 0.25) is 0 Å². The molecule has 12 heteroatoms. The normalized spacial score (nSPS) is 13.1. The number of urea groups is 1. The quantitative estimate of drug-likeness (QED) is 0.136. The Balaban J connectivity index is 1.02. The number of benzene rings is 3. The van der Waals surface area contributed by atoms with E-state index >= 15 is 0 Å². The van der Waals surface area contributed by atoms with Crippen molar-refractivity contribution in [3.05, 3.63) is 120 Å². The van der Waals surface area contributed by atoms with E-state index < -0.39 is 0 Å². The predicted octanol–water partition coefficient (Wildman–Crippen LogP) is 8.41. The van der Waals surface area contributed by atoms with Gasteiger partial charge in [-0.2, -0.15) is 5.10 Å². The van der Waals surface area contributed by atoms with Crippen molar-refractivity contribution < 1.29 is 14.3 Å². The molecule has 7 rings (SSSR count). The average molecular weight is 710 g/mol. The molecule has 3 aromatic carbocycles. The summed E-state index contributed by atoms with van der Waals surface area (Å²) in [6.07, 6.45) is 7.94. The zero-order valence-electron chi connectivity index (χ0n) is 30.4. The third kappa shape index (κ3) is 8.27. The van der Waals surface area contributed by atoms with Gasteiger partial charge in [-0.3, -0.25) is 10.1 Å². The van der Waals surface area contributed by atoms with Crippen molar-refractivity contribution in [3.8, 4) is 11.4 Å². The summed E-state index contributed by atoms with van der Waals surface area (Å²) in [4.78, 5) is 41.2. The molecule has 3 amide bonds. The molecule has 0 aliphatic carbocycles. The Hall–Kier alpha value is -6.30. The van der Waals surface area contributed by atoms with Crippen LogP contribution in [0, 0.1) is 6.92 Å². The lowest BCUT2D eigenvalue weighted by atomic mass is 9.92. The number of carbonyl (C=O) groups is 2. The van der Waals surface area contributed by atoms with Crippen molar-refractivity contribution in [2.75, 3.05) is 29.0 Å². The number of carbonyl (C=O) groups excluding carboxylic acids is 2. The summed E-state index contributed by atoms with van der Waals surface area (Å²) in [5, 5.41) is 15.7. The van der Waals surface area contributed by atoms with E-state index in [2.05, 4.69) is 51.7 Å². The summed E-state index contributed by atoms with van der Waals surface area (Å²) in [5.41, 5.74) is 4.51. The van der Waals surface area contributed by atoms with Crippen LogP contribution >= 0.6 is 0 Å². The fraction of sp³-hybridized carbons (Fsp3) is 0.268. The molecule has 0 radical (unpaired) electrons. The second-order valence-electron chi connectivity index (χ2n) is 14.3. The maximum Gasteiger partial charge on any atom is 0.324 e. The van der Waals surface area contributed by atoms with E-state index in [1.165, 1.54) is 6.20 Å². The molecule has 0 saturated carbocycles. The number of amides is 3. The van der Waals surface area contributed by atoms with Gasteiger partial charge in [-0.25, -0.2) is 24.4 Å². The number of rotatable bonds is 9. The Morgan fingerprint density at radius 1 is 0.811 bits per heavy atom. The number of fused-ring (bicyclic) bond motifs is 1. The molecule has 6 aromatic rings. The van der Waals surface area contributed by atoms with Crippen LogP contribution in [0.4, 0.5) is 27.9 Å². The molecule has 0 atom stereocenters. The standard InChI is InChI=1S/C41H43N9O3/c1-27-12-14-29(15-13-27)50-38(23-35(48-50)41(2,3)4)47-40(52)45-32-16-17-34(31-11-7-6-10-30(31)32)53-26-28-18-19-42-36(22-28)46-37-25-43-33(24-44-37)39(51)49-20-8-5-9-21-49/h6-7,10-19,22-25H,5,8-9,20-21,26H2,1-4H3,(H,42,44,46)(H2,45,47,52). The Bertz CT molecular complexity index is 2240. The number of likely N-dealkylation sites (tertiary alicyclic amines) is 1. The lowest BCUT2D eigenvalue weighted by Gasteiger charge is -2.26. The van der Waals surface area contributed by atoms with Crippen LogP contribution in [0.15, 0.2) is 97.5 Å². The summed E-state index contributed by atoms with van der Waals surface area (Å²) in [6.45, 7) is 10.1. The number of aromatic nitrogens is 5. The van der Waals surface area contributed by atoms with Gasteiger partial charge in [0.15, 0.2) is 0 Å². The first kappa shape index (κ1) is 35.1. The van der Waals surface area contributed by atoms with Crippen LogP contribution in [0.25, 0.3) is 16.5 Å². The molecule has 12 nitrogen and oxygen atoms in total. The van der Waals surface area contributed by atoms with Gasteiger partial charge in [-0.1, -0.05) is 62.7 Å². The van der Waals surface area contributed by atoms with Crippen LogP contribution < -0.4 is 20.7 Å². The maximum absolute atomic E-state index is 13.5. The van der Waals surface area contributed by atoms with Crippen LogP contribution in [0.2, 0.25) is 0 Å². The van der Waals surface area contributed by atoms with Crippen molar-refractivity contribution in [2.24, 2.45) is 0 Å². The van der Waals surface area contributed by atoms with Crippen molar-refractivity contribution in [2.45, 2.75) is 59.0 Å². The minimum atomic E-state index is -0.387. The molecular weight excluding hydrogens is 667 g/mol. The number of ether oxygens (including phenoxy) is 1. The van der Waals surface area contributed by atoms with Gasteiger partial charge in [0.1, 0.15) is 35.5 Å². The number of hydrogen-bond donors (Lipinski definition) is 3. The SMILES string of the molecule is Cc1ccc(-n2nc(C(C)(C)C)cc2NC(=O)Nc2ccc(OCc3ccnc(Nc4cnc(C(=O)N5CCCCC5)cn4)c3)c3ccccc23)cc1. The van der Waals surface area contributed by atoms with Crippen molar-refractivity contribution >= 4 is 45.9 Å². The fourth-order valence-electron chi connectivity index (χ4n) is 6.18. The number of nitrogens with one attached hydrogen (secondary N) is 3. The van der Waals surface area contributed by atoms with Gasteiger partial charge in [-0.05, 0) is 68.1 Å². The Morgan fingerprint density at radius 2 is 1.58 bits per heavy atom. The van der Waals surface area contributed by atoms with E-state index in [4.69, 9.17) is 9.84 Å². The van der Waals surface area contributed by atoms with Gasteiger partial charge in [0.25, 0.3) is 5.91 Å². The summed E-state index contributed by atoms with van der Waals surface area (Å²) < 4.78 is 8.07. The van der Waals surface area contributed by atoms with Gasteiger partial charge in [0.05, 0.1) is 29.5 Å². The molecular formula is C41H43N9O3. The summed E-state index contributed by atoms with van der Waals surface area (Å²) in [6, 6.07) is 24.8. The van der Waals surface area contributed by atoms with Gasteiger partial charge in [0, 0.05) is 41.5 Å². The van der Waals surface area contributed by atoms with Gasteiger partial charge in [-0.15, -0.1) is 0 Å². The minimum absolute atomic E-state index is 0.0858. The second-order valence-corrected chi connectivity index (χ2v) is 14.3. The number of piperidine rings is 1. The molecule has 0 spiro atoms. The highest BCUT2D eigenvalue weighted by Crippen LogP contribution is 2.33. The van der Waals surface area contributed by atoms with E-state index in [-0.39, 0.29) is 24.0 Å². The van der Waals surface area contributed by atoms with Crippen LogP contribution in [0.1, 0.15) is 67.3 Å². The Morgan fingerprint density at radius 3 is 2.32 bits per heavy atom. The van der Waals surface area contributed by atoms with E-state index in [9.17, 15) is 9.59 Å². The molecule has 0 unspecified atom stereocenters. The monoisotopic (exact) mass is 709 g/mol. The third-order valence-electron chi connectivity index (χ3n) is 9.12. The van der Waals surface area contributed by atoms with Crippen LogP contribution in [0.5, 0.6) is 5.75 Å². The van der Waals surface area contributed by atoms with E-state index in [1.54, 1.807) is 17.1 Å². The fourth-order valence-corrected chi connectivity index (χ4v) is 6.18. The number of pyridine rings is 1. The highest BCUT2D eigenvalue weighted by molar-refractivity contribution is 6.07. The second kappa shape index (κ2) is 15.1. The molecule has 270 valence electrons. The average Bonchev–Trinajstić information content (AvgIpc) is 3.60. The molecule has 53 heavy (non-hydrogen) atoms.